The maximum absolute atomic E-state index is 12.2. The number of amides is 2. The van der Waals surface area contributed by atoms with Crippen LogP contribution < -0.4 is 5.32 Å². The molecule has 0 radical (unpaired) electrons. The molecule has 0 saturated heterocycles. The standard InChI is InChI=1S/C18H27ClN2O3/c1-14(19)16(22)21(12-10-15-8-6-5-7-9-15)13-11-20-17(23)24-18(2,3)4/h5-9,14H,10-13H2,1-4H3,(H,20,23). The highest BCUT2D eigenvalue weighted by Crippen LogP contribution is 2.07. The van der Waals surface area contributed by atoms with Gasteiger partial charge in [-0.2, -0.15) is 0 Å². The molecular weight excluding hydrogens is 328 g/mol. The molecule has 0 heterocycles. The van der Waals surface area contributed by atoms with E-state index < -0.39 is 17.1 Å². The van der Waals surface area contributed by atoms with Gasteiger partial charge in [0.2, 0.25) is 5.91 Å². The Labute approximate surface area is 149 Å². The first-order valence-corrected chi connectivity index (χ1v) is 8.56. The molecule has 1 atom stereocenters. The second kappa shape index (κ2) is 9.52. The zero-order valence-corrected chi connectivity index (χ0v) is 15.6. The van der Waals surface area contributed by atoms with E-state index in [1.165, 1.54) is 0 Å². The van der Waals surface area contributed by atoms with Gasteiger partial charge < -0.3 is 15.0 Å². The summed E-state index contributed by atoms with van der Waals surface area (Å²) in [6.45, 7) is 8.32. The van der Waals surface area contributed by atoms with Crippen LogP contribution in [0.5, 0.6) is 0 Å². The fraction of sp³-hybridized carbons (Fsp3) is 0.556. The van der Waals surface area contributed by atoms with Gasteiger partial charge in [-0.3, -0.25) is 4.79 Å². The van der Waals surface area contributed by atoms with Crippen LogP contribution >= 0.6 is 11.6 Å². The number of alkyl halides is 1. The summed E-state index contributed by atoms with van der Waals surface area (Å²) >= 11 is 5.93. The molecule has 1 rings (SSSR count). The Kier molecular flexibility index (Phi) is 8.05. The number of nitrogens with one attached hydrogen (secondary N) is 1. The van der Waals surface area contributed by atoms with Crippen LogP contribution in [0.25, 0.3) is 0 Å². The van der Waals surface area contributed by atoms with Gasteiger partial charge in [0.05, 0.1) is 0 Å². The van der Waals surface area contributed by atoms with Crippen molar-refractivity contribution in [3.05, 3.63) is 35.9 Å². The smallest absolute Gasteiger partial charge is 0.407 e. The number of ether oxygens (including phenoxy) is 1. The zero-order valence-electron chi connectivity index (χ0n) is 14.8. The van der Waals surface area contributed by atoms with Crippen molar-refractivity contribution in [2.24, 2.45) is 0 Å². The Morgan fingerprint density at radius 3 is 2.38 bits per heavy atom. The van der Waals surface area contributed by atoms with Crippen LogP contribution in [0.1, 0.15) is 33.3 Å². The highest BCUT2D eigenvalue weighted by Gasteiger charge is 2.19. The molecule has 0 saturated carbocycles. The molecule has 0 bridgehead atoms. The number of nitrogens with zero attached hydrogens (tertiary/aromatic N) is 1. The molecule has 6 heteroatoms. The van der Waals surface area contributed by atoms with E-state index in [-0.39, 0.29) is 5.91 Å². The minimum Gasteiger partial charge on any atom is -0.444 e. The van der Waals surface area contributed by atoms with Crippen molar-refractivity contribution >= 4 is 23.6 Å². The summed E-state index contributed by atoms with van der Waals surface area (Å²) in [6.07, 6.45) is 0.250. The Morgan fingerprint density at radius 2 is 1.83 bits per heavy atom. The largest absolute Gasteiger partial charge is 0.444 e. The minimum absolute atomic E-state index is 0.140. The van der Waals surface area contributed by atoms with Crippen LogP contribution in [0, 0.1) is 0 Å². The first-order valence-electron chi connectivity index (χ1n) is 8.12. The van der Waals surface area contributed by atoms with Crippen molar-refractivity contribution in [2.75, 3.05) is 19.6 Å². The van der Waals surface area contributed by atoms with Crippen LogP contribution in [0.2, 0.25) is 0 Å². The van der Waals surface area contributed by atoms with E-state index in [4.69, 9.17) is 16.3 Å². The highest BCUT2D eigenvalue weighted by molar-refractivity contribution is 6.30. The number of carbonyl (C=O) groups excluding carboxylic acids is 2. The third-order valence-corrected chi connectivity index (χ3v) is 3.40. The van der Waals surface area contributed by atoms with Crippen LogP contribution in [0.15, 0.2) is 30.3 Å². The molecule has 0 aliphatic carbocycles. The molecule has 5 nitrogen and oxygen atoms in total. The van der Waals surface area contributed by atoms with Gasteiger partial charge in [0, 0.05) is 19.6 Å². The summed E-state index contributed by atoms with van der Waals surface area (Å²) < 4.78 is 5.18. The van der Waals surface area contributed by atoms with Crippen LogP contribution in [0.4, 0.5) is 4.79 Å². The van der Waals surface area contributed by atoms with Gasteiger partial charge in [0.15, 0.2) is 0 Å². The molecule has 1 aromatic carbocycles. The Balaban J connectivity index is 2.51. The number of hydrogen-bond acceptors (Lipinski definition) is 3. The molecule has 24 heavy (non-hydrogen) atoms. The predicted octanol–water partition coefficient (Wildman–Crippen LogP) is 3.21. The van der Waals surface area contributed by atoms with Gasteiger partial charge in [-0.05, 0) is 39.7 Å². The van der Waals surface area contributed by atoms with Crippen molar-refractivity contribution in [3.8, 4) is 0 Å². The molecule has 0 aromatic heterocycles. The Hall–Kier alpha value is -1.75. The number of halogens is 1. The molecule has 0 aliphatic rings. The second-order valence-corrected chi connectivity index (χ2v) is 7.26. The summed E-state index contributed by atoms with van der Waals surface area (Å²) in [4.78, 5) is 25.5. The van der Waals surface area contributed by atoms with Gasteiger partial charge in [-0.15, -0.1) is 11.6 Å². The van der Waals surface area contributed by atoms with Crippen molar-refractivity contribution in [1.29, 1.82) is 0 Å². The third kappa shape index (κ3) is 8.20. The number of alkyl carbamates (subject to hydrolysis) is 1. The molecular formula is C18H27ClN2O3. The van der Waals surface area contributed by atoms with Crippen LogP contribution in [-0.4, -0.2) is 47.5 Å². The number of hydrogen-bond donors (Lipinski definition) is 1. The summed E-state index contributed by atoms with van der Waals surface area (Å²) in [6, 6.07) is 9.93. The molecule has 0 aliphatic heterocycles. The minimum atomic E-state index is -0.595. The van der Waals surface area contributed by atoms with Crippen molar-refractivity contribution in [1.82, 2.24) is 10.2 Å². The highest BCUT2D eigenvalue weighted by atomic mass is 35.5. The lowest BCUT2D eigenvalue weighted by molar-refractivity contribution is -0.130. The summed E-state index contributed by atoms with van der Waals surface area (Å²) in [5.41, 5.74) is 0.606. The van der Waals surface area contributed by atoms with Gasteiger partial charge in [0.25, 0.3) is 0 Å². The lowest BCUT2D eigenvalue weighted by atomic mass is 10.1. The quantitative estimate of drug-likeness (QED) is 0.765. The SMILES string of the molecule is CC(Cl)C(=O)N(CCNC(=O)OC(C)(C)C)CCc1ccccc1. The number of rotatable bonds is 7. The van der Waals surface area contributed by atoms with E-state index in [0.717, 1.165) is 12.0 Å². The average molecular weight is 355 g/mol. The van der Waals surface area contributed by atoms with Crippen molar-refractivity contribution in [2.45, 2.75) is 45.1 Å². The molecule has 1 aromatic rings. The van der Waals surface area contributed by atoms with Gasteiger partial charge in [-0.25, -0.2) is 4.79 Å². The van der Waals surface area contributed by atoms with Crippen LogP contribution in [0.3, 0.4) is 0 Å². The predicted molar refractivity (Wildman–Crippen MR) is 96.3 cm³/mol. The van der Waals surface area contributed by atoms with Crippen molar-refractivity contribution < 1.29 is 14.3 Å². The summed E-state index contributed by atoms with van der Waals surface area (Å²) in [5.74, 6) is -0.140. The topological polar surface area (TPSA) is 58.6 Å². The molecule has 2 amide bonds. The third-order valence-electron chi connectivity index (χ3n) is 3.22. The monoisotopic (exact) mass is 354 g/mol. The Bertz CT molecular complexity index is 527. The first kappa shape index (κ1) is 20.3. The number of benzene rings is 1. The molecule has 1 N–H and O–H groups in total. The molecule has 1 unspecified atom stereocenters. The zero-order chi connectivity index (χ0) is 18.2. The maximum atomic E-state index is 12.2. The van der Waals surface area contributed by atoms with E-state index in [9.17, 15) is 9.59 Å². The van der Waals surface area contributed by atoms with Crippen LogP contribution in [-0.2, 0) is 16.0 Å². The summed E-state index contributed by atoms with van der Waals surface area (Å²) in [5, 5.41) is 2.07. The van der Waals surface area contributed by atoms with Gasteiger partial charge >= 0.3 is 6.09 Å². The van der Waals surface area contributed by atoms with Gasteiger partial charge in [0.1, 0.15) is 11.0 Å². The van der Waals surface area contributed by atoms with E-state index in [2.05, 4.69) is 5.32 Å². The number of carbonyl (C=O) groups is 2. The molecule has 0 fully saturated rings. The second-order valence-electron chi connectivity index (χ2n) is 6.61. The van der Waals surface area contributed by atoms with E-state index in [1.807, 2.05) is 30.3 Å². The Morgan fingerprint density at radius 1 is 1.21 bits per heavy atom. The van der Waals surface area contributed by atoms with E-state index >= 15 is 0 Å². The maximum Gasteiger partial charge on any atom is 0.407 e. The van der Waals surface area contributed by atoms with E-state index in [0.29, 0.717) is 19.6 Å². The van der Waals surface area contributed by atoms with Gasteiger partial charge in [-0.1, -0.05) is 30.3 Å². The lowest BCUT2D eigenvalue weighted by Gasteiger charge is -2.25. The fourth-order valence-electron chi connectivity index (χ4n) is 2.10. The molecule has 0 spiro atoms. The van der Waals surface area contributed by atoms with Crippen molar-refractivity contribution in [3.63, 3.8) is 0 Å². The normalized spacial score (nSPS) is 12.4. The fourth-order valence-corrected chi connectivity index (χ4v) is 2.24. The first-order chi connectivity index (χ1) is 11.2. The van der Waals surface area contributed by atoms with E-state index in [1.54, 1.807) is 32.6 Å². The average Bonchev–Trinajstić information content (AvgIpc) is 2.49. The summed E-state index contributed by atoms with van der Waals surface area (Å²) in [7, 11) is 0. The molecule has 134 valence electrons. The lowest BCUT2D eigenvalue weighted by Crippen LogP contribution is -2.43.